The van der Waals surface area contributed by atoms with Gasteiger partial charge in [0.05, 0.1) is 159 Å². The van der Waals surface area contributed by atoms with E-state index in [1.165, 1.54) is 61.9 Å². The van der Waals surface area contributed by atoms with Crippen LogP contribution in [0.4, 0.5) is 73.9 Å². The minimum absolute atomic E-state index is 0. The summed E-state index contributed by atoms with van der Waals surface area (Å²) in [5, 5.41) is 40.2. The third-order valence-corrected chi connectivity index (χ3v) is 28.8. The third kappa shape index (κ3) is 37.7. The summed E-state index contributed by atoms with van der Waals surface area (Å²) in [7, 11) is 0. The summed E-state index contributed by atoms with van der Waals surface area (Å²) in [6.45, 7) is 71.7. The quantitative estimate of drug-likeness (QED) is 0.0291. The normalized spacial score (nSPS) is 11.4. The molecule has 0 saturated heterocycles. The number of azo groups is 4. The first-order chi connectivity index (χ1) is 65.9. The van der Waals surface area contributed by atoms with Crippen LogP contribution in [0, 0.1) is 27.7 Å². The highest BCUT2D eigenvalue weighted by Crippen LogP contribution is 2.40. The molecule has 0 unspecified atom stereocenters. The number of likely N-dealkylation sites (N-methyl/N-ethyl adjacent to an activating group) is 6. The van der Waals surface area contributed by atoms with Crippen molar-refractivity contribution in [1.29, 1.82) is 0 Å². The summed E-state index contributed by atoms with van der Waals surface area (Å²) >= 11 is 25.7. The minimum Gasteiger partial charge on any atom is -0.372 e. The van der Waals surface area contributed by atoms with Crippen LogP contribution in [-0.4, -0.2) is 186 Å². The summed E-state index contributed by atoms with van der Waals surface area (Å²) in [5.41, 5.74) is 20.2. The highest BCUT2D eigenvalue weighted by atomic mass is 35.5. The summed E-state index contributed by atoms with van der Waals surface area (Å²) in [6, 6.07) is 67.9. The molecule has 0 heterocycles. The van der Waals surface area contributed by atoms with Gasteiger partial charge in [0, 0.05) is 86.1 Å². The molecular formula is C117H173Cl4N17O3+4. The van der Waals surface area contributed by atoms with Crippen LogP contribution in [0.25, 0.3) is 0 Å². The maximum Gasteiger partial charge on any atom is 0.255 e. The topological polar surface area (TPSA) is 175 Å². The Morgan fingerprint density at radius 2 is 0.574 bits per heavy atom. The molecule has 10 aromatic rings. The summed E-state index contributed by atoms with van der Waals surface area (Å²) in [6.07, 6.45) is 2.77. The lowest BCUT2D eigenvalue weighted by atomic mass is 10.0. The van der Waals surface area contributed by atoms with Crippen molar-refractivity contribution in [3.05, 3.63) is 276 Å². The second kappa shape index (κ2) is 63.6. The van der Waals surface area contributed by atoms with Crippen molar-refractivity contribution in [2.75, 3.05) is 175 Å². The summed E-state index contributed by atoms with van der Waals surface area (Å²) in [5.74, 6) is 0.358. The smallest absolute Gasteiger partial charge is 0.255 e. The Morgan fingerprint density at radius 1 is 0.298 bits per heavy atom. The van der Waals surface area contributed by atoms with Gasteiger partial charge in [-0.05, 0) is 342 Å². The number of nitrogens with one attached hydrogen (secondary N) is 1. The summed E-state index contributed by atoms with van der Waals surface area (Å²) < 4.78 is 3.95. The second-order valence-electron chi connectivity index (χ2n) is 35.5. The molecule has 20 nitrogen and oxygen atoms in total. The first-order valence-electron chi connectivity index (χ1n) is 50.0. The molecule has 0 radical (unpaired) electrons. The lowest BCUT2D eigenvalue weighted by Crippen LogP contribution is -2.51. The molecule has 24 heteroatoms. The van der Waals surface area contributed by atoms with E-state index in [1.54, 1.807) is 24.3 Å². The molecule has 0 bridgehead atoms. The molecule has 1 amide bonds. The first kappa shape index (κ1) is 125. The van der Waals surface area contributed by atoms with E-state index in [-0.39, 0.29) is 41.4 Å². The molecule has 0 fully saturated rings. The number of anilines is 5. The number of aryl methyl sites for hydroxylation is 5. The maximum absolute atomic E-state index is 12.9. The van der Waals surface area contributed by atoms with Crippen LogP contribution in [0.15, 0.2) is 247 Å². The number of carbonyl (C=O) groups excluding carboxylic acids is 3. The Labute approximate surface area is 871 Å². The first-order valence-corrected chi connectivity index (χ1v) is 51.5. The van der Waals surface area contributed by atoms with Crippen LogP contribution in [0.5, 0.6) is 0 Å². The zero-order chi connectivity index (χ0) is 100. The van der Waals surface area contributed by atoms with Gasteiger partial charge in [0.1, 0.15) is 24.5 Å². The van der Waals surface area contributed by atoms with E-state index in [2.05, 4.69) is 263 Å². The lowest BCUT2D eigenvalue weighted by molar-refractivity contribution is -0.921. The fraction of sp³-hybridized carbons (Fsp3) is 0.462. The monoisotopic (exact) mass is 2000 g/mol. The van der Waals surface area contributed by atoms with Gasteiger partial charge in [-0.15, -0.1) is 10.2 Å². The number of ketones is 2. The van der Waals surface area contributed by atoms with Crippen LogP contribution in [0.3, 0.4) is 0 Å². The number of carbonyl (C=O) groups is 3. The predicted octanol–water partition coefficient (Wildman–Crippen LogP) is 33.3. The molecule has 0 aliphatic heterocycles. The van der Waals surface area contributed by atoms with Crippen molar-refractivity contribution in [3.8, 4) is 0 Å². The number of halogens is 4. The van der Waals surface area contributed by atoms with Gasteiger partial charge in [-0.1, -0.05) is 150 Å². The van der Waals surface area contributed by atoms with Gasteiger partial charge in [0.15, 0.2) is 11.6 Å². The number of rotatable bonds is 49. The Balaban J connectivity index is 0.000000480. The molecule has 0 aliphatic rings. The zero-order valence-corrected chi connectivity index (χ0v) is 89.3. The zero-order valence-electron chi connectivity index (χ0n) is 86.3. The number of Topliss-reactive ketones (excluding diaryl/α,β-unsaturated/α-hetero) is 2. The summed E-state index contributed by atoms with van der Waals surface area (Å²) in [4.78, 5) is 47.5. The molecule has 0 atom stereocenters. The van der Waals surface area contributed by atoms with Gasteiger partial charge < -0.3 is 42.8 Å². The fourth-order valence-corrected chi connectivity index (χ4v) is 18.8. The maximum atomic E-state index is 12.9. The van der Waals surface area contributed by atoms with Gasteiger partial charge in [-0.25, -0.2) is 0 Å². The standard InChI is InChI=1S/C32H43N4O.C31H41N5O.C25H35Cl2N4O.C25H37Cl2N4.4CH4/c1-7-35(23-27-14-12-11-13-15-27)30-18-16-29(17-19-30)33-34-32-25(5)20-28(21-26(32)6)22-31(37)24-36(8-2,9-3)10-4;1-7-35(20-21-36(8-2,9-3)10-4)29-18-16-27(17-19-29)33-34-30-24(5)22-28(23-25(30)6)32-31(37)26-14-12-11-13-15-26;1-6-30(7-2)21-13-11-20(12-14-21)28-29-25-23(26)16-19(17-24(25)27)15-22(32)18-31(8-3,9-4)10-5;1-6-11-20-18-23(26)25(24(27)19-20)29-28-21-12-14-22(15-13-21)30(7-2)16-17-31(8-3,9-4)10-5;;;;/h11-21H,7-10,22-24H2,1-6H3;11-19,22-23H,7-10,20-21H2,1-6H3;11-14,16-17H,6-10,15,18H2,1-5H3;12-15,18-19H,6-11,16-17H2,1-5H3;4*1H4/q+1;;2*+1;;;;/p+1. The van der Waals surface area contributed by atoms with Crippen molar-refractivity contribution in [2.45, 2.75) is 214 Å². The van der Waals surface area contributed by atoms with E-state index in [0.717, 1.165) is 220 Å². The van der Waals surface area contributed by atoms with E-state index < -0.39 is 0 Å². The highest BCUT2D eigenvalue weighted by molar-refractivity contribution is 6.39. The van der Waals surface area contributed by atoms with Gasteiger partial charge in [-0.2, -0.15) is 30.7 Å². The molecule has 10 aromatic carbocycles. The molecule has 141 heavy (non-hydrogen) atoms. The predicted molar refractivity (Wildman–Crippen MR) is 609 cm³/mol. The Hall–Kier alpha value is -10.4. The third-order valence-electron chi connectivity index (χ3n) is 27.6. The van der Waals surface area contributed by atoms with Gasteiger partial charge in [-0.3, -0.25) is 14.4 Å². The van der Waals surface area contributed by atoms with Crippen molar-refractivity contribution in [1.82, 2.24) is 0 Å². The second-order valence-corrected chi connectivity index (χ2v) is 37.1. The molecule has 0 spiro atoms. The van der Waals surface area contributed by atoms with E-state index >= 15 is 0 Å². The average molecular weight is 2010 g/mol. The molecule has 0 aromatic heterocycles. The number of amides is 1. The largest absolute Gasteiger partial charge is 0.372 e. The lowest BCUT2D eigenvalue weighted by Gasteiger charge is -2.38. The van der Waals surface area contributed by atoms with E-state index in [0.29, 0.717) is 68.7 Å². The van der Waals surface area contributed by atoms with Crippen molar-refractivity contribution < 1.29 is 32.3 Å². The molecule has 768 valence electrons. The van der Waals surface area contributed by atoms with E-state index in [4.69, 9.17) is 46.4 Å². The van der Waals surface area contributed by atoms with Crippen LogP contribution < -0.4 is 24.9 Å². The molecule has 10 rings (SSSR count). The molecule has 0 saturated carbocycles. The van der Waals surface area contributed by atoms with Crippen LogP contribution in [-0.2, 0) is 35.4 Å². The fourth-order valence-electron chi connectivity index (χ4n) is 17.6. The Bertz CT molecular complexity index is 5360. The number of hydrogen-bond acceptors (Lipinski definition) is 15. The molecular weight excluding hydrogens is 1830 g/mol. The van der Waals surface area contributed by atoms with Crippen LogP contribution in [0.2, 0.25) is 20.1 Å². The van der Waals surface area contributed by atoms with Crippen LogP contribution >= 0.6 is 46.4 Å². The number of nitrogens with zero attached hydrogens (tertiary/aromatic N) is 16. The van der Waals surface area contributed by atoms with Crippen molar-refractivity contribution in [2.24, 2.45) is 40.9 Å². The number of quaternary nitrogens is 4. The number of hydrogen-bond donors (Lipinski definition) is 1. The molecule has 0 aliphatic carbocycles. The highest BCUT2D eigenvalue weighted by Gasteiger charge is 2.29. The molecule has 1 N–H and O–H groups in total. The van der Waals surface area contributed by atoms with Gasteiger partial charge >= 0.3 is 0 Å². The van der Waals surface area contributed by atoms with E-state index in [9.17, 15) is 14.4 Å². The van der Waals surface area contributed by atoms with Crippen molar-refractivity contribution in [3.63, 3.8) is 0 Å². The minimum atomic E-state index is -0.126. The van der Waals surface area contributed by atoms with Crippen molar-refractivity contribution >= 4 is 138 Å². The average Bonchev–Trinajstić information content (AvgIpc) is 0.829. The van der Waals surface area contributed by atoms with Gasteiger partial charge in [0.2, 0.25) is 0 Å². The Morgan fingerprint density at radius 3 is 0.879 bits per heavy atom. The Kier molecular flexibility index (Phi) is 56.3. The van der Waals surface area contributed by atoms with Crippen LogP contribution in [0.1, 0.15) is 216 Å². The van der Waals surface area contributed by atoms with E-state index in [1.807, 2.05) is 137 Å². The number of benzene rings is 10. The SMILES string of the molecule is C.C.C.C.CCCc1cc(Cl)c(N=Nc2ccc(N(CC)CC[N+](CC)(CC)CC)cc2)c(Cl)c1.CCN(CC)c1ccc(N=Nc2c(Cl)cc(CC(=O)C[N+](CC)(CC)CC)cc2Cl)cc1.CCN(CC[N+](CC)(CC)CC)c1ccc(N=Nc2c(C)cc(NC(=O)c3ccccc3)cc2C)cc1.CCN(Cc1ccccc1)c1ccc(N=Nc2c(C)cc(CC(=O)C[N+](CC)(CC)CC)cc2C)cc1. The van der Waals surface area contributed by atoms with Gasteiger partial charge in [0.25, 0.3) is 5.91 Å².